The summed E-state index contributed by atoms with van der Waals surface area (Å²) in [7, 11) is 1.88. The molecule has 0 aliphatic carbocycles. The van der Waals surface area contributed by atoms with Crippen LogP contribution in [0.15, 0.2) is 0 Å². The summed E-state index contributed by atoms with van der Waals surface area (Å²) in [4.78, 5) is 13.6. The summed E-state index contributed by atoms with van der Waals surface area (Å²) >= 11 is 7.90. The van der Waals surface area contributed by atoms with Crippen LogP contribution in [0.4, 0.5) is 0 Å². The van der Waals surface area contributed by atoms with Gasteiger partial charge in [-0.25, -0.2) is 0 Å². The van der Waals surface area contributed by atoms with Crippen molar-refractivity contribution in [2.24, 2.45) is 0 Å². The van der Waals surface area contributed by atoms with Gasteiger partial charge >= 0.3 is 0 Å². The number of carbonyl (C=O) groups excluding carboxylic acids is 1. The van der Waals surface area contributed by atoms with Crippen LogP contribution in [-0.2, 0) is 4.79 Å². The lowest BCUT2D eigenvalue weighted by molar-refractivity contribution is -0.131. The smallest absolute Gasteiger partial charge is 0.240 e. The zero-order valence-electron chi connectivity index (χ0n) is 8.83. The maximum Gasteiger partial charge on any atom is 0.240 e. The summed E-state index contributed by atoms with van der Waals surface area (Å²) in [5, 5.41) is -0.338. The molecule has 0 saturated carbocycles. The minimum atomic E-state index is -0.338. The Balaban J connectivity index is 2.45. The number of hydrogen-bond donors (Lipinski definition) is 0. The third-order valence-corrected chi connectivity index (χ3v) is 4.26. The van der Waals surface area contributed by atoms with Crippen molar-refractivity contribution >= 4 is 29.3 Å². The van der Waals surface area contributed by atoms with E-state index < -0.39 is 0 Å². The van der Waals surface area contributed by atoms with Gasteiger partial charge in [-0.3, -0.25) is 4.79 Å². The number of alkyl halides is 1. The summed E-state index contributed by atoms with van der Waals surface area (Å²) in [5.41, 5.74) is 0. The number of amides is 1. The molecule has 0 N–H and O–H groups in total. The quantitative estimate of drug-likeness (QED) is 0.700. The zero-order chi connectivity index (χ0) is 10.6. The second-order valence-electron chi connectivity index (χ2n) is 3.67. The van der Waals surface area contributed by atoms with Crippen molar-refractivity contribution in [3.8, 4) is 0 Å². The molecule has 1 saturated heterocycles. The summed E-state index contributed by atoms with van der Waals surface area (Å²) in [6, 6.07) is 0.413. The van der Waals surface area contributed by atoms with Gasteiger partial charge in [-0.15, -0.1) is 11.6 Å². The number of halogens is 1. The van der Waals surface area contributed by atoms with Crippen LogP contribution in [0.1, 0.15) is 26.2 Å². The highest BCUT2D eigenvalue weighted by atomic mass is 35.5. The molecule has 0 spiro atoms. The molecule has 0 radical (unpaired) electrons. The summed E-state index contributed by atoms with van der Waals surface area (Å²) in [6.45, 7) is 1.94. The maximum absolute atomic E-state index is 11.8. The van der Waals surface area contributed by atoms with Gasteiger partial charge in [-0.1, -0.05) is 6.92 Å². The standard InChI is InChI=1S/C10H18ClNOS/c1-3-9(11)10(13)12(2)8-4-6-14-7-5-8/h8-9H,3-7H2,1-2H3/t9-/m0/s1. The zero-order valence-corrected chi connectivity index (χ0v) is 10.4. The van der Waals surface area contributed by atoms with Crippen LogP contribution in [-0.4, -0.2) is 40.8 Å². The van der Waals surface area contributed by atoms with E-state index in [1.165, 1.54) is 11.5 Å². The Morgan fingerprint density at radius 3 is 2.64 bits per heavy atom. The second-order valence-corrected chi connectivity index (χ2v) is 5.42. The average molecular weight is 236 g/mol. The molecule has 1 rings (SSSR count). The van der Waals surface area contributed by atoms with E-state index in [1.807, 2.05) is 30.6 Å². The fraction of sp³-hybridized carbons (Fsp3) is 0.900. The molecule has 1 atom stereocenters. The first-order chi connectivity index (χ1) is 6.66. The number of rotatable bonds is 3. The third-order valence-electron chi connectivity index (χ3n) is 2.71. The molecule has 0 bridgehead atoms. The normalized spacial score (nSPS) is 20.5. The van der Waals surface area contributed by atoms with Crippen LogP contribution in [0.5, 0.6) is 0 Å². The molecular formula is C10H18ClNOS. The van der Waals surface area contributed by atoms with Crippen molar-refractivity contribution in [2.45, 2.75) is 37.6 Å². The van der Waals surface area contributed by atoms with E-state index in [4.69, 9.17) is 11.6 Å². The van der Waals surface area contributed by atoms with Crippen molar-refractivity contribution in [3.63, 3.8) is 0 Å². The van der Waals surface area contributed by atoms with Gasteiger partial charge in [0.25, 0.3) is 0 Å². The minimum Gasteiger partial charge on any atom is -0.341 e. The molecule has 4 heteroatoms. The van der Waals surface area contributed by atoms with Crippen molar-refractivity contribution in [1.82, 2.24) is 4.90 Å². The van der Waals surface area contributed by atoms with Gasteiger partial charge < -0.3 is 4.90 Å². The maximum atomic E-state index is 11.8. The lowest BCUT2D eigenvalue weighted by Crippen LogP contribution is -2.42. The van der Waals surface area contributed by atoms with Crippen LogP contribution in [0, 0.1) is 0 Å². The van der Waals surface area contributed by atoms with Gasteiger partial charge in [0.15, 0.2) is 0 Å². The summed E-state index contributed by atoms with van der Waals surface area (Å²) in [6.07, 6.45) is 2.94. The molecule has 1 fully saturated rings. The first-order valence-corrected chi connectivity index (χ1v) is 6.74. The minimum absolute atomic E-state index is 0.0890. The molecule has 1 aliphatic heterocycles. The highest BCUT2D eigenvalue weighted by Crippen LogP contribution is 2.22. The second kappa shape index (κ2) is 5.86. The van der Waals surface area contributed by atoms with E-state index >= 15 is 0 Å². The number of thioether (sulfide) groups is 1. The molecule has 0 aromatic carbocycles. The van der Waals surface area contributed by atoms with Crippen LogP contribution in [0.3, 0.4) is 0 Å². The lowest BCUT2D eigenvalue weighted by atomic mass is 10.1. The Morgan fingerprint density at radius 2 is 2.14 bits per heavy atom. The number of nitrogens with zero attached hydrogens (tertiary/aromatic N) is 1. The summed E-state index contributed by atoms with van der Waals surface area (Å²) < 4.78 is 0. The molecule has 1 aliphatic rings. The van der Waals surface area contributed by atoms with Crippen LogP contribution >= 0.6 is 23.4 Å². The largest absolute Gasteiger partial charge is 0.341 e. The summed E-state index contributed by atoms with van der Waals surface area (Å²) in [5.74, 6) is 2.42. The molecule has 1 heterocycles. The molecular weight excluding hydrogens is 218 g/mol. The van der Waals surface area contributed by atoms with Crippen LogP contribution in [0.2, 0.25) is 0 Å². The average Bonchev–Trinajstić information content (AvgIpc) is 2.27. The molecule has 0 aromatic heterocycles. The Morgan fingerprint density at radius 1 is 1.57 bits per heavy atom. The third kappa shape index (κ3) is 3.06. The first kappa shape index (κ1) is 12.2. The predicted octanol–water partition coefficient (Wildman–Crippen LogP) is 2.36. The highest BCUT2D eigenvalue weighted by Gasteiger charge is 2.25. The van der Waals surface area contributed by atoms with E-state index in [0.717, 1.165) is 12.8 Å². The fourth-order valence-electron chi connectivity index (χ4n) is 1.65. The number of hydrogen-bond acceptors (Lipinski definition) is 2. The number of carbonyl (C=O) groups is 1. The topological polar surface area (TPSA) is 20.3 Å². The Hall–Kier alpha value is 0.110. The van der Waals surface area contributed by atoms with E-state index in [0.29, 0.717) is 12.5 Å². The van der Waals surface area contributed by atoms with Gasteiger partial charge in [-0.2, -0.15) is 11.8 Å². The molecule has 0 unspecified atom stereocenters. The Kier molecular flexibility index (Phi) is 5.10. The van der Waals surface area contributed by atoms with Gasteiger partial charge in [-0.05, 0) is 30.8 Å². The molecule has 2 nitrogen and oxygen atoms in total. The van der Waals surface area contributed by atoms with Crippen molar-refractivity contribution in [3.05, 3.63) is 0 Å². The molecule has 14 heavy (non-hydrogen) atoms. The van der Waals surface area contributed by atoms with E-state index in [-0.39, 0.29) is 11.3 Å². The Labute approximate surface area is 95.4 Å². The van der Waals surface area contributed by atoms with E-state index in [9.17, 15) is 4.79 Å². The van der Waals surface area contributed by atoms with Crippen molar-refractivity contribution in [1.29, 1.82) is 0 Å². The van der Waals surface area contributed by atoms with Crippen molar-refractivity contribution < 1.29 is 4.79 Å². The van der Waals surface area contributed by atoms with Gasteiger partial charge in [0.05, 0.1) is 0 Å². The fourth-order valence-corrected chi connectivity index (χ4v) is 2.88. The van der Waals surface area contributed by atoms with Crippen LogP contribution in [0.25, 0.3) is 0 Å². The lowest BCUT2D eigenvalue weighted by Gasteiger charge is -2.32. The van der Waals surface area contributed by atoms with E-state index in [2.05, 4.69) is 0 Å². The predicted molar refractivity (Wildman–Crippen MR) is 63.0 cm³/mol. The highest BCUT2D eigenvalue weighted by molar-refractivity contribution is 7.99. The SMILES string of the molecule is CC[C@H](Cl)C(=O)N(C)C1CCSCC1. The van der Waals surface area contributed by atoms with E-state index in [1.54, 1.807) is 0 Å². The molecule has 82 valence electrons. The molecule has 1 amide bonds. The van der Waals surface area contributed by atoms with Gasteiger partial charge in [0.2, 0.25) is 5.91 Å². The monoisotopic (exact) mass is 235 g/mol. The van der Waals surface area contributed by atoms with Gasteiger partial charge in [0.1, 0.15) is 5.38 Å². The molecule has 0 aromatic rings. The first-order valence-electron chi connectivity index (χ1n) is 5.15. The Bertz CT molecular complexity index is 195. The van der Waals surface area contributed by atoms with Crippen molar-refractivity contribution in [2.75, 3.05) is 18.6 Å². The van der Waals surface area contributed by atoms with Gasteiger partial charge in [0, 0.05) is 13.1 Å². The van der Waals surface area contributed by atoms with Crippen LogP contribution < -0.4 is 0 Å².